The highest BCUT2D eigenvalue weighted by Crippen LogP contribution is 2.30. The van der Waals surface area contributed by atoms with Crippen molar-refractivity contribution >= 4 is 11.6 Å². The van der Waals surface area contributed by atoms with Crippen LogP contribution in [-0.2, 0) is 0 Å². The molecular formula is C11H20ClN. The van der Waals surface area contributed by atoms with Crippen LogP contribution in [0, 0.1) is 11.8 Å². The standard InChI is InChI=1S/C11H20ClN/c1-9-5-6-11(10(9)2)13-8-4-3-7-12/h3-4,9-11,13H,5-8H2,1-2H3/b4-3+. The molecule has 0 amide bonds. The zero-order valence-electron chi connectivity index (χ0n) is 8.59. The molecule has 1 N–H and O–H groups in total. The average Bonchev–Trinajstić information content (AvgIpc) is 2.43. The van der Waals surface area contributed by atoms with Crippen LogP contribution in [0.25, 0.3) is 0 Å². The predicted molar refractivity (Wildman–Crippen MR) is 59.2 cm³/mol. The highest BCUT2D eigenvalue weighted by atomic mass is 35.5. The highest BCUT2D eigenvalue weighted by Gasteiger charge is 2.28. The molecule has 76 valence electrons. The third-order valence-corrected chi connectivity index (χ3v) is 3.40. The number of hydrogen-bond donors (Lipinski definition) is 1. The molecule has 1 rings (SSSR count). The number of nitrogens with one attached hydrogen (secondary N) is 1. The molecule has 1 aliphatic rings. The molecule has 0 heterocycles. The second kappa shape index (κ2) is 5.66. The second-order valence-electron chi connectivity index (χ2n) is 4.05. The van der Waals surface area contributed by atoms with E-state index in [2.05, 4.69) is 25.2 Å². The van der Waals surface area contributed by atoms with E-state index >= 15 is 0 Å². The van der Waals surface area contributed by atoms with Crippen molar-refractivity contribution in [2.75, 3.05) is 12.4 Å². The van der Waals surface area contributed by atoms with Crippen molar-refractivity contribution in [1.29, 1.82) is 0 Å². The molecule has 0 saturated heterocycles. The fourth-order valence-electron chi connectivity index (χ4n) is 2.02. The molecule has 1 saturated carbocycles. The van der Waals surface area contributed by atoms with Gasteiger partial charge in [0.2, 0.25) is 0 Å². The van der Waals surface area contributed by atoms with Crippen molar-refractivity contribution in [3.63, 3.8) is 0 Å². The van der Waals surface area contributed by atoms with Crippen molar-refractivity contribution in [2.45, 2.75) is 32.7 Å². The summed E-state index contributed by atoms with van der Waals surface area (Å²) in [5.41, 5.74) is 0. The average molecular weight is 202 g/mol. The van der Waals surface area contributed by atoms with E-state index in [1.807, 2.05) is 6.08 Å². The lowest BCUT2D eigenvalue weighted by Crippen LogP contribution is -2.32. The van der Waals surface area contributed by atoms with Crippen LogP contribution < -0.4 is 5.32 Å². The minimum absolute atomic E-state index is 0.623. The van der Waals surface area contributed by atoms with Gasteiger partial charge in [0.15, 0.2) is 0 Å². The quantitative estimate of drug-likeness (QED) is 0.545. The molecule has 0 aromatic carbocycles. The SMILES string of the molecule is CC1CCC(NC/C=C/CCl)C1C. The maximum atomic E-state index is 5.53. The van der Waals surface area contributed by atoms with Crippen LogP contribution in [0.4, 0.5) is 0 Å². The summed E-state index contributed by atoms with van der Waals surface area (Å²) in [5, 5.41) is 3.55. The zero-order chi connectivity index (χ0) is 9.68. The number of halogens is 1. The van der Waals surface area contributed by atoms with Crippen LogP contribution in [0.2, 0.25) is 0 Å². The van der Waals surface area contributed by atoms with Gasteiger partial charge in [0.1, 0.15) is 0 Å². The summed E-state index contributed by atoms with van der Waals surface area (Å²) in [4.78, 5) is 0. The molecule has 0 spiro atoms. The Bertz CT molecular complexity index is 167. The lowest BCUT2D eigenvalue weighted by molar-refractivity contribution is 0.380. The third-order valence-electron chi connectivity index (χ3n) is 3.22. The zero-order valence-corrected chi connectivity index (χ0v) is 9.35. The first-order valence-electron chi connectivity index (χ1n) is 5.20. The van der Waals surface area contributed by atoms with Crippen molar-refractivity contribution < 1.29 is 0 Å². The maximum absolute atomic E-state index is 5.53. The van der Waals surface area contributed by atoms with Gasteiger partial charge in [-0.15, -0.1) is 11.6 Å². The first kappa shape index (κ1) is 11.1. The number of rotatable bonds is 4. The summed E-state index contributed by atoms with van der Waals surface area (Å²) in [6.07, 6.45) is 6.81. The highest BCUT2D eigenvalue weighted by molar-refractivity contribution is 6.18. The normalized spacial score (nSPS) is 34.5. The van der Waals surface area contributed by atoms with Gasteiger partial charge in [0.05, 0.1) is 0 Å². The Labute approximate surface area is 86.5 Å². The lowest BCUT2D eigenvalue weighted by Gasteiger charge is -2.18. The van der Waals surface area contributed by atoms with Crippen LogP contribution in [-0.4, -0.2) is 18.5 Å². The summed E-state index contributed by atoms with van der Waals surface area (Å²) >= 11 is 5.53. The number of allylic oxidation sites excluding steroid dienone is 1. The largest absolute Gasteiger partial charge is 0.310 e. The molecule has 1 fully saturated rings. The van der Waals surface area contributed by atoms with Gasteiger partial charge in [0.25, 0.3) is 0 Å². The van der Waals surface area contributed by atoms with Gasteiger partial charge in [-0.1, -0.05) is 26.0 Å². The van der Waals surface area contributed by atoms with Gasteiger partial charge in [-0.25, -0.2) is 0 Å². The molecule has 0 aromatic heterocycles. The third kappa shape index (κ3) is 3.32. The molecule has 1 nitrogen and oxygen atoms in total. The van der Waals surface area contributed by atoms with Gasteiger partial charge in [-0.2, -0.15) is 0 Å². The second-order valence-corrected chi connectivity index (χ2v) is 4.36. The van der Waals surface area contributed by atoms with E-state index < -0.39 is 0 Å². The monoisotopic (exact) mass is 201 g/mol. The minimum Gasteiger partial charge on any atom is -0.310 e. The van der Waals surface area contributed by atoms with Gasteiger partial charge < -0.3 is 5.32 Å². The van der Waals surface area contributed by atoms with E-state index in [1.165, 1.54) is 12.8 Å². The Morgan fingerprint density at radius 1 is 1.31 bits per heavy atom. The summed E-state index contributed by atoms with van der Waals surface area (Å²) in [5.74, 6) is 2.33. The fraction of sp³-hybridized carbons (Fsp3) is 0.818. The molecular weight excluding hydrogens is 182 g/mol. The van der Waals surface area contributed by atoms with Crippen LogP contribution in [0.15, 0.2) is 12.2 Å². The Hall–Kier alpha value is -0.0100. The van der Waals surface area contributed by atoms with Crippen LogP contribution >= 0.6 is 11.6 Å². The van der Waals surface area contributed by atoms with Gasteiger partial charge in [-0.05, 0) is 24.7 Å². The van der Waals surface area contributed by atoms with E-state index in [4.69, 9.17) is 11.6 Å². The van der Waals surface area contributed by atoms with Crippen molar-refractivity contribution in [1.82, 2.24) is 5.32 Å². The topological polar surface area (TPSA) is 12.0 Å². The van der Waals surface area contributed by atoms with Crippen LogP contribution in [0.3, 0.4) is 0 Å². The summed E-state index contributed by atoms with van der Waals surface area (Å²) in [7, 11) is 0. The first-order chi connectivity index (χ1) is 6.25. The van der Waals surface area contributed by atoms with Crippen molar-refractivity contribution in [3.05, 3.63) is 12.2 Å². The fourth-order valence-corrected chi connectivity index (χ4v) is 2.14. The molecule has 0 aromatic rings. The predicted octanol–water partition coefficient (Wildman–Crippen LogP) is 2.81. The molecule has 3 unspecified atom stereocenters. The Kier molecular flexibility index (Phi) is 4.82. The molecule has 2 heteroatoms. The molecule has 13 heavy (non-hydrogen) atoms. The Morgan fingerprint density at radius 3 is 2.62 bits per heavy atom. The smallest absolute Gasteiger partial charge is 0.0404 e. The van der Waals surface area contributed by atoms with Gasteiger partial charge >= 0.3 is 0 Å². The van der Waals surface area contributed by atoms with E-state index in [9.17, 15) is 0 Å². The molecule has 1 aliphatic carbocycles. The first-order valence-corrected chi connectivity index (χ1v) is 5.73. The molecule has 3 atom stereocenters. The summed E-state index contributed by atoms with van der Waals surface area (Å²) in [6.45, 7) is 5.66. The Morgan fingerprint density at radius 2 is 2.08 bits per heavy atom. The Balaban J connectivity index is 2.18. The maximum Gasteiger partial charge on any atom is 0.0404 e. The molecule has 0 radical (unpaired) electrons. The number of alkyl halides is 1. The summed E-state index contributed by atoms with van der Waals surface area (Å²) in [6, 6.07) is 0.718. The lowest BCUT2D eigenvalue weighted by atomic mass is 9.98. The minimum atomic E-state index is 0.623. The van der Waals surface area contributed by atoms with E-state index in [0.717, 1.165) is 24.4 Å². The number of hydrogen-bond acceptors (Lipinski definition) is 1. The van der Waals surface area contributed by atoms with E-state index in [0.29, 0.717) is 5.88 Å². The van der Waals surface area contributed by atoms with Crippen LogP contribution in [0.5, 0.6) is 0 Å². The van der Waals surface area contributed by atoms with Crippen LogP contribution in [0.1, 0.15) is 26.7 Å². The summed E-state index contributed by atoms with van der Waals surface area (Å²) < 4.78 is 0. The van der Waals surface area contributed by atoms with Crippen molar-refractivity contribution in [3.8, 4) is 0 Å². The van der Waals surface area contributed by atoms with E-state index in [-0.39, 0.29) is 0 Å². The van der Waals surface area contributed by atoms with Gasteiger partial charge in [-0.3, -0.25) is 0 Å². The molecule has 0 aliphatic heterocycles. The van der Waals surface area contributed by atoms with Crippen molar-refractivity contribution in [2.24, 2.45) is 11.8 Å². The van der Waals surface area contributed by atoms with Gasteiger partial charge in [0, 0.05) is 18.5 Å². The van der Waals surface area contributed by atoms with E-state index in [1.54, 1.807) is 0 Å². The molecule has 0 bridgehead atoms.